The maximum absolute atomic E-state index is 11.0. The molecule has 0 aromatic carbocycles. The molecule has 0 saturated heterocycles. The van der Waals surface area contributed by atoms with Crippen LogP contribution >= 0.6 is 15.9 Å². The topological polar surface area (TPSA) is 91.9 Å². The summed E-state index contributed by atoms with van der Waals surface area (Å²) in [7, 11) is 0. The van der Waals surface area contributed by atoms with Crippen LogP contribution in [0.15, 0.2) is 22.8 Å². The van der Waals surface area contributed by atoms with Gasteiger partial charge in [-0.25, -0.2) is 14.1 Å². The molecular formula is C9H5BrN2O4. The van der Waals surface area contributed by atoms with Crippen molar-refractivity contribution in [3.8, 4) is 0 Å². The summed E-state index contributed by atoms with van der Waals surface area (Å²) in [6, 6.07) is 4.74. The van der Waals surface area contributed by atoms with E-state index in [-0.39, 0.29) is 11.1 Å². The second-order valence-corrected chi connectivity index (χ2v) is 3.79. The first kappa shape index (κ1) is 10.6. The molecule has 2 rings (SSSR count). The molecule has 0 aliphatic carbocycles. The fraction of sp³-hybridized carbons (Fsp3) is 0. The molecular weight excluding hydrogens is 280 g/mol. The molecule has 0 amide bonds. The average molecular weight is 285 g/mol. The van der Waals surface area contributed by atoms with E-state index in [1.807, 2.05) is 0 Å². The fourth-order valence-corrected chi connectivity index (χ4v) is 1.82. The SMILES string of the molecule is O=C(O)c1nn2c(Br)cccc2c1C(=O)O. The molecule has 0 aliphatic heterocycles. The Morgan fingerprint density at radius 3 is 2.50 bits per heavy atom. The van der Waals surface area contributed by atoms with Crippen molar-refractivity contribution in [3.63, 3.8) is 0 Å². The lowest BCUT2D eigenvalue weighted by Crippen LogP contribution is -2.06. The Morgan fingerprint density at radius 2 is 1.94 bits per heavy atom. The number of rotatable bonds is 2. The second-order valence-electron chi connectivity index (χ2n) is 2.98. The van der Waals surface area contributed by atoms with Gasteiger partial charge in [0.15, 0.2) is 5.69 Å². The van der Waals surface area contributed by atoms with Crippen molar-refractivity contribution in [2.45, 2.75) is 0 Å². The summed E-state index contributed by atoms with van der Waals surface area (Å²) in [5.41, 5.74) is -0.549. The number of carboxylic acid groups (broad SMARTS) is 2. The number of hydrogen-bond donors (Lipinski definition) is 2. The number of nitrogens with zero attached hydrogens (tertiary/aromatic N) is 2. The van der Waals surface area contributed by atoms with Gasteiger partial charge in [-0.3, -0.25) is 0 Å². The molecule has 7 heteroatoms. The van der Waals surface area contributed by atoms with Crippen molar-refractivity contribution in [2.24, 2.45) is 0 Å². The summed E-state index contributed by atoms with van der Waals surface area (Å²) in [6.07, 6.45) is 0. The molecule has 0 aliphatic rings. The molecule has 0 unspecified atom stereocenters. The summed E-state index contributed by atoms with van der Waals surface area (Å²) < 4.78 is 1.72. The second kappa shape index (κ2) is 3.60. The van der Waals surface area contributed by atoms with Gasteiger partial charge in [0.05, 0.1) is 5.52 Å². The Bertz CT molecular complexity index is 605. The van der Waals surface area contributed by atoms with Gasteiger partial charge in [0.2, 0.25) is 0 Å². The van der Waals surface area contributed by atoms with Gasteiger partial charge >= 0.3 is 11.9 Å². The molecule has 2 heterocycles. The fourth-order valence-electron chi connectivity index (χ4n) is 1.40. The third kappa shape index (κ3) is 1.45. The molecule has 6 nitrogen and oxygen atoms in total. The first-order valence-electron chi connectivity index (χ1n) is 4.16. The minimum atomic E-state index is -1.37. The van der Waals surface area contributed by atoms with Crippen LogP contribution in [0, 0.1) is 0 Å². The van der Waals surface area contributed by atoms with Crippen molar-refractivity contribution in [1.29, 1.82) is 0 Å². The van der Waals surface area contributed by atoms with Crippen molar-refractivity contribution in [1.82, 2.24) is 9.61 Å². The number of pyridine rings is 1. The van der Waals surface area contributed by atoms with Gasteiger partial charge in [-0.2, -0.15) is 5.10 Å². The zero-order valence-electron chi connectivity index (χ0n) is 7.72. The number of aromatic nitrogens is 2. The minimum Gasteiger partial charge on any atom is -0.478 e. The summed E-state index contributed by atoms with van der Waals surface area (Å²) in [6.45, 7) is 0. The van der Waals surface area contributed by atoms with E-state index >= 15 is 0 Å². The molecule has 82 valence electrons. The molecule has 2 aromatic rings. The lowest BCUT2D eigenvalue weighted by atomic mass is 10.2. The monoisotopic (exact) mass is 284 g/mol. The predicted octanol–water partition coefficient (Wildman–Crippen LogP) is 1.49. The van der Waals surface area contributed by atoms with E-state index in [9.17, 15) is 9.59 Å². The Labute approximate surface area is 97.2 Å². The van der Waals surface area contributed by atoms with Gasteiger partial charge in [-0.15, -0.1) is 0 Å². The first-order chi connectivity index (χ1) is 7.52. The highest BCUT2D eigenvalue weighted by Crippen LogP contribution is 2.20. The molecule has 0 saturated carbocycles. The zero-order valence-corrected chi connectivity index (χ0v) is 9.30. The summed E-state index contributed by atoms with van der Waals surface area (Å²) >= 11 is 3.16. The molecule has 0 atom stereocenters. The number of carbonyl (C=O) groups is 2. The standard InChI is InChI=1S/C9H5BrN2O4/c10-5-3-1-2-4-6(8(13)14)7(9(15)16)11-12(4)5/h1-3H,(H,13,14)(H,15,16). The quantitative estimate of drug-likeness (QED) is 0.816. The molecule has 16 heavy (non-hydrogen) atoms. The zero-order chi connectivity index (χ0) is 11.9. The largest absolute Gasteiger partial charge is 0.478 e. The Hall–Kier alpha value is -1.89. The van der Waals surface area contributed by atoms with E-state index in [2.05, 4.69) is 21.0 Å². The maximum atomic E-state index is 11.0. The van der Waals surface area contributed by atoms with Gasteiger partial charge in [-0.05, 0) is 28.1 Å². The number of carboxylic acids is 2. The van der Waals surface area contributed by atoms with Crippen LogP contribution in [-0.2, 0) is 0 Å². The molecule has 0 radical (unpaired) electrons. The van der Waals surface area contributed by atoms with Gasteiger partial charge in [0, 0.05) is 0 Å². The molecule has 2 aromatic heterocycles. The maximum Gasteiger partial charge on any atom is 0.357 e. The van der Waals surface area contributed by atoms with Gasteiger partial charge in [0.25, 0.3) is 0 Å². The summed E-state index contributed by atoms with van der Waals surface area (Å²) in [5.74, 6) is -2.68. The lowest BCUT2D eigenvalue weighted by Gasteiger charge is -1.95. The molecule has 2 N–H and O–H groups in total. The van der Waals surface area contributed by atoms with Crippen LogP contribution in [-0.4, -0.2) is 31.8 Å². The van der Waals surface area contributed by atoms with E-state index in [1.165, 1.54) is 10.6 Å². The van der Waals surface area contributed by atoms with Crippen LogP contribution in [0.5, 0.6) is 0 Å². The van der Waals surface area contributed by atoms with E-state index in [0.29, 0.717) is 4.60 Å². The summed E-state index contributed by atoms with van der Waals surface area (Å²) in [4.78, 5) is 21.8. The van der Waals surface area contributed by atoms with Crippen molar-refractivity contribution in [2.75, 3.05) is 0 Å². The lowest BCUT2D eigenvalue weighted by molar-refractivity contribution is 0.0649. The predicted molar refractivity (Wildman–Crippen MR) is 56.8 cm³/mol. The highest BCUT2D eigenvalue weighted by atomic mass is 79.9. The van der Waals surface area contributed by atoms with Crippen LogP contribution in [0.2, 0.25) is 0 Å². The Kier molecular flexibility index (Phi) is 2.39. The molecule has 0 bridgehead atoms. The smallest absolute Gasteiger partial charge is 0.357 e. The number of fused-ring (bicyclic) bond motifs is 1. The van der Waals surface area contributed by atoms with Gasteiger partial charge in [-0.1, -0.05) is 6.07 Å². The Balaban J connectivity index is 2.92. The third-order valence-electron chi connectivity index (χ3n) is 2.03. The van der Waals surface area contributed by atoms with Crippen molar-refractivity contribution >= 4 is 33.4 Å². The van der Waals surface area contributed by atoms with E-state index in [1.54, 1.807) is 12.1 Å². The number of halogens is 1. The highest BCUT2D eigenvalue weighted by Gasteiger charge is 2.24. The van der Waals surface area contributed by atoms with Gasteiger partial charge in [0.1, 0.15) is 10.2 Å². The Morgan fingerprint density at radius 1 is 1.25 bits per heavy atom. The van der Waals surface area contributed by atoms with Crippen molar-refractivity contribution in [3.05, 3.63) is 34.1 Å². The highest BCUT2D eigenvalue weighted by molar-refractivity contribution is 9.10. The van der Waals surface area contributed by atoms with E-state index < -0.39 is 17.6 Å². The van der Waals surface area contributed by atoms with Crippen LogP contribution in [0.25, 0.3) is 5.52 Å². The number of aromatic carboxylic acids is 2. The molecule has 0 fully saturated rings. The number of hydrogen-bond acceptors (Lipinski definition) is 3. The van der Waals surface area contributed by atoms with Gasteiger partial charge < -0.3 is 10.2 Å². The normalized spacial score (nSPS) is 10.6. The van der Waals surface area contributed by atoms with Crippen LogP contribution < -0.4 is 0 Å². The third-order valence-corrected chi connectivity index (χ3v) is 2.63. The van der Waals surface area contributed by atoms with Crippen LogP contribution in [0.1, 0.15) is 20.8 Å². The van der Waals surface area contributed by atoms with E-state index in [4.69, 9.17) is 10.2 Å². The first-order valence-corrected chi connectivity index (χ1v) is 4.95. The van der Waals surface area contributed by atoms with E-state index in [0.717, 1.165) is 0 Å². The minimum absolute atomic E-state index is 0.235. The van der Waals surface area contributed by atoms with Crippen molar-refractivity contribution < 1.29 is 19.8 Å². The molecule has 0 spiro atoms. The average Bonchev–Trinajstić information content (AvgIpc) is 2.58. The van der Waals surface area contributed by atoms with Crippen LogP contribution in [0.3, 0.4) is 0 Å². The van der Waals surface area contributed by atoms with Crippen LogP contribution in [0.4, 0.5) is 0 Å². The summed E-state index contributed by atoms with van der Waals surface area (Å²) in [5, 5.41) is 21.5.